The van der Waals surface area contributed by atoms with Gasteiger partial charge in [0.05, 0.1) is 0 Å². The molecule has 0 bridgehead atoms. The van der Waals surface area contributed by atoms with E-state index in [1.165, 1.54) is 5.56 Å². The maximum absolute atomic E-state index is 12.6. The summed E-state index contributed by atoms with van der Waals surface area (Å²) in [5, 5.41) is 0.635. The van der Waals surface area contributed by atoms with Gasteiger partial charge in [0, 0.05) is 61.6 Å². The molecule has 4 rings (SSSR count). The van der Waals surface area contributed by atoms with Crippen LogP contribution in [0.5, 0.6) is 0 Å². The van der Waals surface area contributed by atoms with E-state index in [1.54, 1.807) is 29.2 Å². The van der Waals surface area contributed by atoms with Crippen molar-refractivity contribution in [3.8, 4) is 0 Å². The van der Waals surface area contributed by atoms with Crippen molar-refractivity contribution in [2.75, 3.05) is 43.0 Å². The Bertz CT molecular complexity index is 873. The summed E-state index contributed by atoms with van der Waals surface area (Å²) in [6.45, 7) is 2.98. The van der Waals surface area contributed by atoms with Gasteiger partial charge in [0.2, 0.25) is 5.91 Å². The number of fused-ring (bicyclic) bond motifs is 1. The molecule has 0 unspecified atom stereocenters. The molecule has 2 aliphatic rings. The largest absolute Gasteiger partial charge is 0.368 e. The van der Waals surface area contributed by atoms with Gasteiger partial charge in [-0.3, -0.25) is 9.59 Å². The molecule has 0 aliphatic carbocycles. The smallest absolute Gasteiger partial charge is 0.253 e. The minimum atomic E-state index is 0.0527. The van der Waals surface area contributed by atoms with E-state index in [-0.39, 0.29) is 11.8 Å². The molecule has 1 saturated heterocycles. The van der Waals surface area contributed by atoms with Crippen molar-refractivity contribution in [3.63, 3.8) is 0 Å². The number of nitrogens with zero attached hydrogens (tertiary/aromatic N) is 3. The molecule has 0 saturated carbocycles. The lowest BCUT2D eigenvalue weighted by atomic mass is 10.0. The predicted molar refractivity (Wildman–Crippen MR) is 108 cm³/mol. The molecular weight excluding hydrogens is 362 g/mol. The fraction of sp³-hybridized carbons (Fsp3) is 0.333. The first kappa shape index (κ1) is 17.9. The predicted octanol–water partition coefficient (Wildman–Crippen LogP) is 3.21. The Morgan fingerprint density at radius 2 is 1.67 bits per heavy atom. The summed E-state index contributed by atoms with van der Waals surface area (Å²) in [5.74, 6) is 0.224. The number of rotatable bonds is 2. The molecule has 2 aromatic rings. The van der Waals surface area contributed by atoms with Gasteiger partial charge in [-0.2, -0.15) is 0 Å². The lowest BCUT2D eigenvalue weighted by molar-refractivity contribution is -0.118. The van der Waals surface area contributed by atoms with Crippen LogP contribution in [0.15, 0.2) is 42.5 Å². The summed E-state index contributed by atoms with van der Waals surface area (Å²) in [5.41, 5.74) is 4.06. The normalized spacial score (nSPS) is 17.1. The number of hydrogen-bond donors (Lipinski definition) is 0. The van der Waals surface area contributed by atoms with Crippen molar-refractivity contribution >= 4 is 34.8 Å². The van der Waals surface area contributed by atoms with Crippen molar-refractivity contribution in [2.24, 2.45) is 0 Å². The number of aryl methyl sites for hydroxylation is 1. The third kappa shape index (κ3) is 3.52. The summed E-state index contributed by atoms with van der Waals surface area (Å²) >= 11 is 5.90. The molecule has 0 N–H and O–H groups in total. The van der Waals surface area contributed by atoms with Crippen LogP contribution in [0, 0.1) is 0 Å². The van der Waals surface area contributed by atoms with Crippen LogP contribution in [0.2, 0.25) is 5.02 Å². The third-order valence-electron chi connectivity index (χ3n) is 5.43. The van der Waals surface area contributed by atoms with Crippen LogP contribution in [0.25, 0.3) is 0 Å². The van der Waals surface area contributed by atoms with E-state index < -0.39 is 0 Å². The van der Waals surface area contributed by atoms with E-state index in [0.29, 0.717) is 30.1 Å². The number of benzene rings is 2. The summed E-state index contributed by atoms with van der Waals surface area (Å²) in [7, 11) is 1.83. The van der Waals surface area contributed by atoms with E-state index in [9.17, 15) is 9.59 Å². The van der Waals surface area contributed by atoms with Crippen LogP contribution in [0.4, 0.5) is 11.4 Å². The first-order valence-electron chi connectivity index (χ1n) is 9.22. The minimum absolute atomic E-state index is 0.0527. The summed E-state index contributed by atoms with van der Waals surface area (Å²) in [6, 6.07) is 13.4. The van der Waals surface area contributed by atoms with Gasteiger partial charge in [-0.25, -0.2) is 0 Å². The van der Waals surface area contributed by atoms with Gasteiger partial charge in [0.25, 0.3) is 5.91 Å². The first-order valence-corrected chi connectivity index (χ1v) is 9.60. The summed E-state index contributed by atoms with van der Waals surface area (Å²) in [6.07, 6.45) is 1.36. The molecule has 0 radical (unpaired) electrons. The molecule has 1 fully saturated rings. The fourth-order valence-electron chi connectivity index (χ4n) is 3.78. The average Bonchev–Trinajstić information content (AvgIpc) is 2.71. The SMILES string of the molecule is CN1C(=O)CCc2cc(N3CCN(C(=O)c4ccc(Cl)cc4)CC3)ccc21. The standard InChI is InChI=1S/C21H22ClN3O2/c1-23-19-8-7-18(14-16(19)4-9-20(23)26)24-10-12-25(13-11-24)21(27)15-2-5-17(22)6-3-15/h2-3,5-8,14H,4,9-13H2,1H3. The average molecular weight is 384 g/mol. The first-order chi connectivity index (χ1) is 13.0. The van der Waals surface area contributed by atoms with Gasteiger partial charge in [-0.15, -0.1) is 0 Å². The van der Waals surface area contributed by atoms with Crippen molar-refractivity contribution in [3.05, 3.63) is 58.6 Å². The highest BCUT2D eigenvalue weighted by Gasteiger charge is 2.25. The second kappa shape index (κ2) is 7.24. The number of halogens is 1. The van der Waals surface area contributed by atoms with Gasteiger partial charge in [0.15, 0.2) is 0 Å². The zero-order valence-corrected chi connectivity index (χ0v) is 16.1. The molecule has 2 amide bonds. The topological polar surface area (TPSA) is 43.9 Å². The minimum Gasteiger partial charge on any atom is -0.368 e. The quantitative estimate of drug-likeness (QED) is 0.799. The Kier molecular flexibility index (Phi) is 4.79. The molecule has 0 spiro atoms. The molecular formula is C21H22ClN3O2. The number of anilines is 2. The number of hydrogen-bond acceptors (Lipinski definition) is 3. The molecule has 6 heteroatoms. The van der Waals surface area contributed by atoms with Gasteiger partial charge < -0.3 is 14.7 Å². The zero-order chi connectivity index (χ0) is 19.0. The van der Waals surface area contributed by atoms with E-state index in [1.807, 2.05) is 18.0 Å². The summed E-state index contributed by atoms with van der Waals surface area (Å²) < 4.78 is 0. The number of carbonyl (C=O) groups excluding carboxylic acids is 2. The highest BCUT2D eigenvalue weighted by atomic mass is 35.5. The van der Waals surface area contributed by atoms with Crippen molar-refractivity contribution in [1.29, 1.82) is 0 Å². The molecule has 2 aromatic carbocycles. The second-order valence-corrected chi connectivity index (χ2v) is 7.49. The highest BCUT2D eigenvalue weighted by molar-refractivity contribution is 6.30. The number of amides is 2. The van der Waals surface area contributed by atoms with Crippen LogP contribution in [0.1, 0.15) is 22.3 Å². The van der Waals surface area contributed by atoms with Crippen LogP contribution in [-0.2, 0) is 11.2 Å². The Morgan fingerprint density at radius 1 is 0.963 bits per heavy atom. The lowest BCUT2D eigenvalue weighted by Crippen LogP contribution is -2.48. The molecule has 27 heavy (non-hydrogen) atoms. The van der Waals surface area contributed by atoms with E-state index in [0.717, 1.165) is 30.9 Å². The van der Waals surface area contributed by atoms with Crippen LogP contribution in [0.3, 0.4) is 0 Å². The monoisotopic (exact) mass is 383 g/mol. The Labute approximate surface area is 164 Å². The van der Waals surface area contributed by atoms with Crippen LogP contribution >= 0.6 is 11.6 Å². The van der Waals surface area contributed by atoms with Crippen LogP contribution in [-0.4, -0.2) is 49.9 Å². The van der Waals surface area contributed by atoms with E-state index in [4.69, 9.17) is 11.6 Å². The van der Waals surface area contributed by atoms with Crippen molar-refractivity contribution in [1.82, 2.24) is 4.90 Å². The second-order valence-electron chi connectivity index (χ2n) is 7.05. The molecule has 2 aliphatic heterocycles. The molecule has 0 aromatic heterocycles. The van der Waals surface area contributed by atoms with E-state index in [2.05, 4.69) is 17.0 Å². The maximum atomic E-state index is 12.6. The Hall–Kier alpha value is -2.53. The fourth-order valence-corrected chi connectivity index (χ4v) is 3.91. The van der Waals surface area contributed by atoms with Gasteiger partial charge >= 0.3 is 0 Å². The van der Waals surface area contributed by atoms with Gasteiger partial charge in [-0.05, 0) is 54.4 Å². The van der Waals surface area contributed by atoms with E-state index >= 15 is 0 Å². The molecule has 140 valence electrons. The van der Waals surface area contributed by atoms with Crippen molar-refractivity contribution in [2.45, 2.75) is 12.8 Å². The Morgan fingerprint density at radius 3 is 2.37 bits per heavy atom. The van der Waals surface area contributed by atoms with Crippen LogP contribution < -0.4 is 9.80 Å². The molecule has 5 nitrogen and oxygen atoms in total. The Balaban J connectivity index is 1.43. The number of piperazine rings is 1. The molecule has 2 heterocycles. The third-order valence-corrected chi connectivity index (χ3v) is 5.68. The summed E-state index contributed by atoms with van der Waals surface area (Å²) in [4.78, 5) is 30.4. The van der Waals surface area contributed by atoms with Gasteiger partial charge in [-0.1, -0.05) is 11.6 Å². The van der Waals surface area contributed by atoms with Gasteiger partial charge in [0.1, 0.15) is 0 Å². The molecule has 0 atom stereocenters. The highest BCUT2D eigenvalue weighted by Crippen LogP contribution is 2.31. The maximum Gasteiger partial charge on any atom is 0.253 e. The van der Waals surface area contributed by atoms with Crippen molar-refractivity contribution < 1.29 is 9.59 Å². The number of carbonyl (C=O) groups is 2. The lowest BCUT2D eigenvalue weighted by Gasteiger charge is -2.37. The zero-order valence-electron chi connectivity index (χ0n) is 15.3.